The van der Waals surface area contributed by atoms with E-state index in [9.17, 15) is 18.2 Å². The molecule has 0 radical (unpaired) electrons. The Morgan fingerprint density at radius 1 is 0.971 bits per heavy atom. The fraction of sp³-hybridized carbons (Fsp3) is 0.286. The van der Waals surface area contributed by atoms with Gasteiger partial charge in [-0.05, 0) is 66.3 Å². The van der Waals surface area contributed by atoms with E-state index in [1.807, 2.05) is 4.90 Å². The van der Waals surface area contributed by atoms with Crippen LogP contribution in [-0.4, -0.2) is 34.0 Å². The summed E-state index contributed by atoms with van der Waals surface area (Å²) in [7, 11) is -1.60. The summed E-state index contributed by atoms with van der Waals surface area (Å²) in [4.78, 5) is 31.5. The molecule has 3 atom stereocenters. The van der Waals surface area contributed by atoms with Crippen LogP contribution in [0.15, 0.2) is 76.5 Å². The number of carbonyl (C=O) groups excluding carboxylic acids is 2. The lowest BCUT2D eigenvalue weighted by molar-refractivity contribution is 0.0623. The largest absolute Gasteiger partial charge is 0.338 e. The Morgan fingerprint density at radius 2 is 1.66 bits per heavy atom. The molecule has 3 aromatic rings. The number of likely N-dealkylation sites (tertiary alicyclic amines) is 1. The quantitative estimate of drug-likeness (QED) is 0.503. The molecule has 0 N–H and O–H groups in total. The van der Waals surface area contributed by atoms with Gasteiger partial charge >= 0.3 is 0 Å². The summed E-state index contributed by atoms with van der Waals surface area (Å²) in [5.74, 6) is 0.0830. The van der Waals surface area contributed by atoms with Gasteiger partial charge in [-0.15, -0.1) is 0 Å². The molecule has 5 nitrogen and oxygen atoms in total. The van der Waals surface area contributed by atoms with Crippen molar-refractivity contribution >= 4 is 28.3 Å². The highest BCUT2D eigenvalue weighted by atomic mass is 32.2. The van der Waals surface area contributed by atoms with Gasteiger partial charge in [0.2, 0.25) is 0 Å². The molecule has 35 heavy (non-hydrogen) atoms. The second-order valence-corrected chi connectivity index (χ2v) is 11.0. The Kier molecular flexibility index (Phi) is 6.28. The summed E-state index contributed by atoms with van der Waals surface area (Å²) in [6.07, 6.45) is 1.09. The lowest BCUT2D eigenvalue weighted by Gasteiger charge is -2.35. The van der Waals surface area contributed by atoms with Crippen LogP contribution >= 0.6 is 0 Å². The maximum atomic E-state index is 13.7. The normalized spacial score (nSPS) is 21.8. The van der Waals surface area contributed by atoms with Crippen molar-refractivity contribution in [3.8, 4) is 0 Å². The summed E-state index contributed by atoms with van der Waals surface area (Å²) in [5, 5.41) is 0. The van der Waals surface area contributed by atoms with Gasteiger partial charge in [-0.2, -0.15) is 0 Å². The van der Waals surface area contributed by atoms with Gasteiger partial charge in [0.25, 0.3) is 11.8 Å². The average Bonchev–Trinajstić information content (AvgIpc) is 2.93. The average molecular weight is 491 g/mol. The van der Waals surface area contributed by atoms with Crippen LogP contribution in [0.3, 0.4) is 0 Å². The van der Waals surface area contributed by atoms with E-state index in [0.29, 0.717) is 51.5 Å². The van der Waals surface area contributed by atoms with E-state index in [2.05, 4.69) is 13.8 Å². The lowest BCUT2D eigenvalue weighted by Crippen LogP contribution is -2.42. The number of rotatable bonds is 3. The van der Waals surface area contributed by atoms with Crippen LogP contribution in [0.1, 0.15) is 46.5 Å². The number of benzene rings is 3. The molecule has 7 heteroatoms. The Bertz CT molecular complexity index is 1310. The second kappa shape index (κ2) is 9.38. The van der Waals surface area contributed by atoms with E-state index < -0.39 is 10.8 Å². The molecular formula is C28H27FN2O3S. The van der Waals surface area contributed by atoms with Crippen LogP contribution in [-0.2, 0) is 17.3 Å². The number of hydrogen-bond acceptors (Lipinski definition) is 3. The topological polar surface area (TPSA) is 57.7 Å². The summed E-state index contributed by atoms with van der Waals surface area (Å²) in [6, 6.07) is 17.9. The first-order valence-electron chi connectivity index (χ1n) is 11.8. The summed E-state index contributed by atoms with van der Waals surface area (Å²) < 4.78 is 27.1. The molecule has 0 spiro atoms. The first-order chi connectivity index (χ1) is 16.8. The number of piperidine rings is 1. The molecule has 1 saturated heterocycles. The maximum Gasteiger partial charge on any atom is 0.259 e. The Hall–Kier alpha value is -3.32. The van der Waals surface area contributed by atoms with Crippen LogP contribution < -0.4 is 4.90 Å². The highest BCUT2D eigenvalue weighted by Crippen LogP contribution is 2.36. The van der Waals surface area contributed by atoms with Crippen molar-refractivity contribution in [3.63, 3.8) is 0 Å². The molecule has 0 bridgehead atoms. The third-order valence-corrected chi connectivity index (χ3v) is 8.17. The molecule has 0 aromatic heterocycles. The zero-order valence-corrected chi connectivity index (χ0v) is 20.6. The first-order valence-corrected chi connectivity index (χ1v) is 13.0. The van der Waals surface area contributed by atoms with E-state index in [1.54, 1.807) is 59.5 Å². The molecule has 2 aliphatic heterocycles. The van der Waals surface area contributed by atoms with Crippen molar-refractivity contribution in [1.29, 1.82) is 0 Å². The minimum Gasteiger partial charge on any atom is -0.338 e. The first kappa shape index (κ1) is 23.4. The molecule has 3 aromatic carbocycles. The monoisotopic (exact) mass is 490 g/mol. The SMILES string of the molecule is CC1CC(C)CN(C(=O)c2ccc3c(c2)N(Cc2ccc(F)cc2)C(=O)c2ccccc2S3=O)C1. The van der Waals surface area contributed by atoms with E-state index >= 15 is 0 Å². The van der Waals surface area contributed by atoms with Crippen molar-refractivity contribution in [2.75, 3.05) is 18.0 Å². The van der Waals surface area contributed by atoms with E-state index in [-0.39, 0.29) is 24.2 Å². The second-order valence-electron chi connectivity index (χ2n) is 9.62. The summed E-state index contributed by atoms with van der Waals surface area (Å²) >= 11 is 0. The van der Waals surface area contributed by atoms with Gasteiger partial charge in [0, 0.05) is 18.7 Å². The predicted molar refractivity (Wildman–Crippen MR) is 133 cm³/mol. The van der Waals surface area contributed by atoms with Crippen LogP contribution in [0, 0.1) is 17.7 Å². The maximum absolute atomic E-state index is 13.7. The zero-order chi connectivity index (χ0) is 24.7. The molecule has 2 amide bonds. The van der Waals surface area contributed by atoms with E-state index in [0.717, 1.165) is 12.0 Å². The van der Waals surface area contributed by atoms with Crippen molar-refractivity contribution in [2.45, 2.75) is 36.6 Å². The van der Waals surface area contributed by atoms with E-state index in [1.165, 1.54) is 12.1 Å². The van der Waals surface area contributed by atoms with Gasteiger partial charge in [-0.25, -0.2) is 8.60 Å². The van der Waals surface area contributed by atoms with Crippen LogP contribution in [0.2, 0.25) is 0 Å². The van der Waals surface area contributed by atoms with Gasteiger partial charge in [0.15, 0.2) is 0 Å². The van der Waals surface area contributed by atoms with Crippen LogP contribution in [0.5, 0.6) is 0 Å². The molecule has 180 valence electrons. The minimum absolute atomic E-state index is 0.0899. The van der Waals surface area contributed by atoms with Gasteiger partial charge in [-0.1, -0.05) is 38.1 Å². The number of fused-ring (bicyclic) bond motifs is 2. The molecule has 5 rings (SSSR count). The molecule has 1 fully saturated rings. The lowest BCUT2D eigenvalue weighted by atomic mass is 9.91. The third kappa shape index (κ3) is 4.52. The van der Waals surface area contributed by atoms with E-state index in [4.69, 9.17) is 0 Å². The smallest absolute Gasteiger partial charge is 0.259 e. The van der Waals surface area contributed by atoms with Gasteiger partial charge in [-0.3, -0.25) is 9.59 Å². The number of carbonyl (C=O) groups is 2. The highest BCUT2D eigenvalue weighted by molar-refractivity contribution is 7.85. The molecule has 3 unspecified atom stereocenters. The Balaban J connectivity index is 1.60. The minimum atomic E-state index is -1.60. The highest BCUT2D eigenvalue weighted by Gasteiger charge is 2.33. The van der Waals surface area contributed by atoms with Gasteiger partial charge < -0.3 is 9.80 Å². The van der Waals surface area contributed by atoms with Crippen molar-refractivity contribution in [2.24, 2.45) is 11.8 Å². The number of nitrogens with zero attached hydrogens (tertiary/aromatic N) is 2. The zero-order valence-electron chi connectivity index (χ0n) is 19.7. The number of amides is 2. The molecule has 2 aliphatic rings. The fourth-order valence-electron chi connectivity index (χ4n) is 5.14. The van der Waals surface area contributed by atoms with Gasteiger partial charge in [0.1, 0.15) is 5.82 Å². The molecule has 2 heterocycles. The number of hydrogen-bond donors (Lipinski definition) is 0. The van der Waals surface area contributed by atoms with Crippen molar-refractivity contribution in [3.05, 3.63) is 89.2 Å². The van der Waals surface area contributed by atoms with Crippen molar-refractivity contribution < 1.29 is 18.2 Å². The molecule has 0 aliphatic carbocycles. The summed E-state index contributed by atoms with van der Waals surface area (Å²) in [5.41, 5.74) is 1.99. The van der Waals surface area contributed by atoms with Crippen LogP contribution in [0.4, 0.5) is 10.1 Å². The standard InChI is InChI=1S/C28H27FN2O3S/c1-18-13-19(2)16-30(15-18)27(32)21-9-12-26-24(14-21)31(17-20-7-10-22(29)11-8-20)28(33)23-5-3-4-6-25(23)35(26)34/h3-12,14,18-19H,13,15-17H2,1-2H3. The summed E-state index contributed by atoms with van der Waals surface area (Å²) in [6.45, 7) is 5.84. The number of anilines is 1. The van der Waals surface area contributed by atoms with Gasteiger partial charge in [0.05, 0.1) is 38.4 Å². The fourth-order valence-corrected chi connectivity index (χ4v) is 6.48. The Labute approximate surface area is 207 Å². The molecule has 0 saturated carbocycles. The predicted octanol–water partition coefficient (Wildman–Crippen LogP) is 5.27. The molecular weight excluding hydrogens is 463 g/mol. The van der Waals surface area contributed by atoms with Crippen molar-refractivity contribution in [1.82, 2.24) is 4.90 Å². The Morgan fingerprint density at radius 3 is 2.37 bits per heavy atom. The van der Waals surface area contributed by atoms with Crippen LogP contribution in [0.25, 0.3) is 0 Å². The third-order valence-electron chi connectivity index (χ3n) is 6.67. The number of halogens is 1.